The predicted molar refractivity (Wildman–Crippen MR) is 117 cm³/mol. The third kappa shape index (κ3) is 2.80. The summed E-state index contributed by atoms with van der Waals surface area (Å²) < 4.78 is 14.0. The van der Waals surface area contributed by atoms with Crippen molar-refractivity contribution < 1.29 is 14.3 Å². The molecule has 0 radical (unpaired) electrons. The van der Waals surface area contributed by atoms with Crippen molar-refractivity contribution in [1.82, 2.24) is 4.57 Å². The van der Waals surface area contributed by atoms with Crippen molar-refractivity contribution in [3.8, 4) is 17.0 Å². The molecule has 0 spiro atoms. The molecule has 4 heteroatoms. The summed E-state index contributed by atoms with van der Waals surface area (Å²) in [6.07, 6.45) is 0. The van der Waals surface area contributed by atoms with Crippen LogP contribution in [0.4, 0.5) is 0 Å². The summed E-state index contributed by atoms with van der Waals surface area (Å²) in [6, 6.07) is 27.6. The zero-order chi connectivity index (χ0) is 20.7. The number of esters is 1. The molecule has 0 bridgehead atoms. The van der Waals surface area contributed by atoms with Gasteiger partial charge in [0.2, 0.25) is 5.72 Å². The second-order valence-corrected chi connectivity index (χ2v) is 7.55. The molecule has 1 aliphatic rings. The summed E-state index contributed by atoms with van der Waals surface area (Å²) in [5.41, 5.74) is 3.00. The minimum atomic E-state index is -1.11. The van der Waals surface area contributed by atoms with Crippen molar-refractivity contribution in [2.45, 2.75) is 19.3 Å². The van der Waals surface area contributed by atoms with Crippen molar-refractivity contribution in [2.24, 2.45) is 0 Å². The lowest BCUT2D eigenvalue weighted by molar-refractivity contribution is -0.143. The van der Waals surface area contributed by atoms with Crippen LogP contribution in [-0.2, 0) is 21.9 Å². The molecular formula is C26H21NO3. The van der Waals surface area contributed by atoms with E-state index in [0.717, 1.165) is 27.7 Å². The van der Waals surface area contributed by atoms with Gasteiger partial charge in [0, 0.05) is 17.9 Å². The first-order valence-electron chi connectivity index (χ1n) is 9.88. The van der Waals surface area contributed by atoms with Gasteiger partial charge in [-0.05, 0) is 29.8 Å². The minimum absolute atomic E-state index is 0.185. The highest BCUT2D eigenvalue weighted by Gasteiger charge is 2.43. The van der Waals surface area contributed by atoms with Crippen LogP contribution in [0, 0.1) is 0 Å². The van der Waals surface area contributed by atoms with Crippen LogP contribution in [0.15, 0.2) is 97.1 Å². The van der Waals surface area contributed by atoms with Gasteiger partial charge < -0.3 is 9.47 Å². The molecule has 0 saturated carbocycles. The normalized spacial score (nSPS) is 17.0. The second-order valence-electron chi connectivity index (χ2n) is 7.55. The summed E-state index contributed by atoms with van der Waals surface area (Å²) in [7, 11) is 0. The zero-order valence-electron chi connectivity index (χ0n) is 16.7. The summed E-state index contributed by atoms with van der Waals surface area (Å²) in [6.45, 7) is 6.15. The third-order valence-corrected chi connectivity index (χ3v) is 5.63. The number of rotatable bonds is 4. The number of nitrogens with zero attached hydrogens (tertiary/aromatic N) is 1. The molecule has 4 nitrogen and oxygen atoms in total. The number of hydrogen-bond donors (Lipinski definition) is 0. The minimum Gasteiger partial charge on any atom is -0.463 e. The fraction of sp³-hybridized carbons (Fsp3) is 0.115. The van der Waals surface area contributed by atoms with Gasteiger partial charge in [0.15, 0.2) is 0 Å². The Labute approximate surface area is 175 Å². The van der Waals surface area contributed by atoms with Gasteiger partial charge in [0.25, 0.3) is 0 Å². The molecule has 148 valence electrons. The maximum absolute atomic E-state index is 13.0. The standard InChI is InChI=1S/C26H21NO3/c1-18(25(28)29-17-19-10-4-3-5-11-19)26(2)27-22-14-8-6-12-20(22)16-23(27)21-13-7-9-15-24(21)30-26/h3-16H,1,17H2,2H3. The Morgan fingerprint density at radius 1 is 1.00 bits per heavy atom. The molecule has 1 aliphatic heterocycles. The number of fused-ring (bicyclic) bond motifs is 5. The highest BCUT2D eigenvalue weighted by Crippen LogP contribution is 2.46. The number of benzene rings is 3. The van der Waals surface area contributed by atoms with Gasteiger partial charge in [0.05, 0.1) is 16.8 Å². The van der Waals surface area contributed by atoms with Crippen LogP contribution in [0.2, 0.25) is 0 Å². The predicted octanol–water partition coefficient (Wildman–Crippen LogP) is 5.67. The first-order chi connectivity index (χ1) is 14.6. The number of carbonyl (C=O) groups excluding carboxylic acids is 1. The van der Waals surface area contributed by atoms with E-state index in [2.05, 4.69) is 18.7 Å². The van der Waals surface area contributed by atoms with Crippen LogP contribution in [0.1, 0.15) is 12.5 Å². The van der Waals surface area contributed by atoms with Crippen molar-refractivity contribution >= 4 is 16.9 Å². The molecule has 5 rings (SSSR count). The molecule has 1 unspecified atom stereocenters. The number of ether oxygens (including phenoxy) is 2. The Morgan fingerprint density at radius 3 is 2.53 bits per heavy atom. The van der Waals surface area contributed by atoms with E-state index in [-0.39, 0.29) is 12.2 Å². The number of para-hydroxylation sites is 2. The molecule has 1 atom stereocenters. The van der Waals surface area contributed by atoms with E-state index < -0.39 is 11.7 Å². The molecule has 0 amide bonds. The number of carbonyl (C=O) groups is 1. The number of hydrogen-bond acceptors (Lipinski definition) is 3. The summed E-state index contributed by atoms with van der Waals surface area (Å²) in [5, 5.41) is 1.07. The van der Waals surface area contributed by atoms with Gasteiger partial charge in [-0.15, -0.1) is 0 Å². The van der Waals surface area contributed by atoms with E-state index in [9.17, 15) is 4.79 Å². The smallest absolute Gasteiger partial charge is 0.339 e. The van der Waals surface area contributed by atoms with E-state index in [4.69, 9.17) is 9.47 Å². The monoisotopic (exact) mass is 395 g/mol. The maximum Gasteiger partial charge on any atom is 0.339 e. The van der Waals surface area contributed by atoms with Gasteiger partial charge in [-0.2, -0.15) is 0 Å². The van der Waals surface area contributed by atoms with Gasteiger partial charge >= 0.3 is 5.97 Å². The summed E-state index contributed by atoms with van der Waals surface area (Å²) in [4.78, 5) is 13.0. The van der Waals surface area contributed by atoms with E-state index in [1.54, 1.807) is 0 Å². The first kappa shape index (κ1) is 18.3. The quantitative estimate of drug-likeness (QED) is 0.330. The Morgan fingerprint density at radius 2 is 1.70 bits per heavy atom. The molecule has 0 fully saturated rings. The van der Waals surface area contributed by atoms with E-state index in [0.29, 0.717) is 5.75 Å². The summed E-state index contributed by atoms with van der Waals surface area (Å²) in [5.74, 6) is 0.233. The molecule has 3 aromatic carbocycles. The van der Waals surface area contributed by atoms with Crippen LogP contribution in [0.25, 0.3) is 22.2 Å². The molecule has 1 aromatic heterocycles. The molecule has 4 aromatic rings. The van der Waals surface area contributed by atoms with Gasteiger partial charge in [0.1, 0.15) is 12.4 Å². The fourth-order valence-electron chi connectivity index (χ4n) is 4.04. The van der Waals surface area contributed by atoms with Crippen LogP contribution >= 0.6 is 0 Å². The molecule has 2 heterocycles. The average molecular weight is 395 g/mol. The topological polar surface area (TPSA) is 40.5 Å². The maximum atomic E-state index is 13.0. The van der Waals surface area contributed by atoms with Crippen molar-refractivity contribution in [2.75, 3.05) is 0 Å². The van der Waals surface area contributed by atoms with Crippen LogP contribution in [0.3, 0.4) is 0 Å². The van der Waals surface area contributed by atoms with E-state index in [1.807, 2.05) is 84.3 Å². The Kier molecular flexibility index (Phi) is 4.21. The lowest BCUT2D eigenvalue weighted by atomic mass is 10.0. The van der Waals surface area contributed by atoms with Gasteiger partial charge in [-0.3, -0.25) is 4.57 Å². The molecule has 0 aliphatic carbocycles. The Bertz CT molecular complexity index is 1270. The molecule has 0 N–H and O–H groups in total. The Hall–Kier alpha value is -3.79. The molecule has 0 saturated heterocycles. The Balaban J connectivity index is 1.56. The van der Waals surface area contributed by atoms with Crippen molar-refractivity contribution in [3.05, 3.63) is 103 Å². The lowest BCUT2D eigenvalue weighted by Crippen LogP contribution is -2.43. The van der Waals surface area contributed by atoms with Crippen LogP contribution in [-0.4, -0.2) is 10.5 Å². The molecular weight excluding hydrogens is 374 g/mol. The van der Waals surface area contributed by atoms with Gasteiger partial charge in [-0.25, -0.2) is 4.79 Å². The largest absolute Gasteiger partial charge is 0.463 e. The van der Waals surface area contributed by atoms with Crippen LogP contribution in [0.5, 0.6) is 5.75 Å². The third-order valence-electron chi connectivity index (χ3n) is 5.63. The lowest BCUT2D eigenvalue weighted by Gasteiger charge is -2.39. The second kappa shape index (κ2) is 6.92. The molecule has 30 heavy (non-hydrogen) atoms. The SMILES string of the molecule is C=C(C(=O)OCc1ccccc1)C1(C)Oc2ccccc2-c2cc3ccccc3n21. The van der Waals surface area contributed by atoms with Crippen molar-refractivity contribution in [3.63, 3.8) is 0 Å². The van der Waals surface area contributed by atoms with Gasteiger partial charge in [-0.1, -0.05) is 67.2 Å². The number of aromatic nitrogens is 1. The fourth-order valence-corrected chi connectivity index (χ4v) is 4.04. The van der Waals surface area contributed by atoms with Crippen molar-refractivity contribution in [1.29, 1.82) is 0 Å². The van der Waals surface area contributed by atoms with E-state index >= 15 is 0 Å². The average Bonchev–Trinajstić information content (AvgIpc) is 3.18. The first-order valence-corrected chi connectivity index (χ1v) is 9.88. The zero-order valence-corrected chi connectivity index (χ0v) is 16.7. The van der Waals surface area contributed by atoms with Crippen LogP contribution < -0.4 is 4.74 Å². The highest BCUT2D eigenvalue weighted by molar-refractivity contribution is 5.93. The summed E-state index contributed by atoms with van der Waals surface area (Å²) >= 11 is 0. The highest BCUT2D eigenvalue weighted by atomic mass is 16.5. The van der Waals surface area contributed by atoms with E-state index in [1.165, 1.54) is 0 Å².